The number of hydrogen-bond acceptors (Lipinski definition) is 7. The lowest BCUT2D eigenvalue weighted by atomic mass is 9.84. The highest BCUT2D eigenvalue weighted by atomic mass is 16.3. The summed E-state index contributed by atoms with van der Waals surface area (Å²) in [7, 11) is 3.92. The Hall–Kier alpha value is -3.00. The van der Waals surface area contributed by atoms with E-state index in [1.807, 2.05) is 25.4 Å². The molecule has 0 aliphatic carbocycles. The molecular weight excluding hydrogens is 390 g/mol. The Kier molecular flexibility index (Phi) is 4.51. The summed E-state index contributed by atoms with van der Waals surface area (Å²) >= 11 is 0. The standard InChI is InChI=1S/C23H29N7O/c1-22-7-8-23(2,28-22)11-17(10-22)30(4)21-24-13-19(26-27-21)18-6-5-15(9-20(18)31)16-12-25-29(3)14-16/h5-6,9,12-14,17,28,31H,7-8,10-11H2,1-4H3/t17-,22-,23+. The zero-order chi connectivity index (χ0) is 21.8. The van der Waals surface area contributed by atoms with Gasteiger partial charge in [0.1, 0.15) is 11.4 Å². The van der Waals surface area contributed by atoms with Crippen molar-refractivity contribution in [3.63, 3.8) is 0 Å². The van der Waals surface area contributed by atoms with Crippen LogP contribution in [0, 0.1) is 0 Å². The molecule has 31 heavy (non-hydrogen) atoms. The molecule has 5 rings (SSSR count). The third-order valence-corrected chi connectivity index (χ3v) is 6.93. The van der Waals surface area contributed by atoms with Crippen molar-refractivity contribution in [2.45, 2.75) is 56.7 Å². The lowest BCUT2D eigenvalue weighted by molar-refractivity contribution is 0.207. The van der Waals surface area contributed by atoms with Gasteiger partial charge in [0.05, 0.1) is 12.4 Å². The molecule has 0 radical (unpaired) electrons. The maximum absolute atomic E-state index is 10.6. The second kappa shape index (κ2) is 7.02. The molecule has 162 valence electrons. The van der Waals surface area contributed by atoms with Gasteiger partial charge in [0.2, 0.25) is 5.95 Å². The molecule has 2 fully saturated rings. The van der Waals surface area contributed by atoms with E-state index in [1.165, 1.54) is 12.8 Å². The fourth-order valence-corrected chi connectivity index (χ4v) is 5.31. The average Bonchev–Trinajstić information content (AvgIpc) is 3.27. The highest BCUT2D eigenvalue weighted by Gasteiger charge is 2.49. The molecule has 2 aliphatic rings. The van der Waals surface area contributed by atoms with Gasteiger partial charge in [0.15, 0.2) is 0 Å². The first-order chi connectivity index (χ1) is 14.7. The summed E-state index contributed by atoms with van der Waals surface area (Å²) in [5, 5.41) is 27.3. The number of piperidine rings is 1. The van der Waals surface area contributed by atoms with Crippen LogP contribution in [0.2, 0.25) is 0 Å². The third-order valence-electron chi connectivity index (χ3n) is 6.93. The molecule has 1 aromatic carbocycles. The van der Waals surface area contributed by atoms with E-state index in [0.29, 0.717) is 23.2 Å². The number of benzene rings is 1. The zero-order valence-electron chi connectivity index (χ0n) is 18.5. The minimum Gasteiger partial charge on any atom is -0.507 e. The van der Waals surface area contributed by atoms with Crippen LogP contribution in [0.25, 0.3) is 22.4 Å². The molecule has 4 heterocycles. The summed E-state index contributed by atoms with van der Waals surface area (Å²) in [4.78, 5) is 6.74. The smallest absolute Gasteiger partial charge is 0.245 e. The van der Waals surface area contributed by atoms with E-state index in [1.54, 1.807) is 23.1 Å². The number of nitrogens with zero attached hydrogens (tertiary/aromatic N) is 6. The Morgan fingerprint density at radius 1 is 1.10 bits per heavy atom. The van der Waals surface area contributed by atoms with Crippen LogP contribution in [0.1, 0.15) is 39.5 Å². The third kappa shape index (κ3) is 3.65. The summed E-state index contributed by atoms with van der Waals surface area (Å²) < 4.78 is 1.74. The van der Waals surface area contributed by atoms with E-state index in [9.17, 15) is 5.11 Å². The molecule has 0 unspecified atom stereocenters. The van der Waals surface area contributed by atoms with Crippen LogP contribution in [-0.4, -0.2) is 54.2 Å². The van der Waals surface area contributed by atoms with Crippen molar-refractivity contribution in [2.24, 2.45) is 7.05 Å². The number of nitrogens with one attached hydrogen (secondary N) is 1. The Balaban J connectivity index is 1.35. The van der Waals surface area contributed by atoms with Gasteiger partial charge in [-0.15, -0.1) is 10.2 Å². The van der Waals surface area contributed by atoms with E-state index in [4.69, 9.17) is 0 Å². The molecule has 8 nitrogen and oxygen atoms in total. The normalized spacial score (nSPS) is 27.4. The molecular formula is C23H29N7O. The zero-order valence-corrected chi connectivity index (χ0v) is 18.5. The number of anilines is 1. The summed E-state index contributed by atoms with van der Waals surface area (Å²) in [6, 6.07) is 5.89. The lowest BCUT2D eigenvalue weighted by Crippen LogP contribution is -2.58. The van der Waals surface area contributed by atoms with E-state index in [2.05, 4.69) is 51.4 Å². The highest BCUT2D eigenvalue weighted by molar-refractivity contribution is 5.73. The summed E-state index contributed by atoms with van der Waals surface area (Å²) in [5.74, 6) is 0.767. The fraction of sp³-hybridized carbons (Fsp3) is 0.478. The second-order valence-electron chi connectivity index (χ2n) is 9.70. The van der Waals surface area contributed by atoms with Crippen molar-refractivity contribution < 1.29 is 5.11 Å². The van der Waals surface area contributed by atoms with E-state index in [0.717, 1.165) is 24.0 Å². The van der Waals surface area contributed by atoms with E-state index in [-0.39, 0.29) is 16.8 Å². The Morgan fingerprint density at radius 2 is 1.84 bits per heavy atom. The van der Waals surface area contributed by atoms with Crippen LogP contribution in [0.3, 0.4) is 0 Å². The summed E-state index contributed by atoms with van der Waals surface area (Å²) in [5.41, 5.74) is 3.37. The highest BCUT2D eigenvalue weighted by Crippen LogP contribution is 2.43. The first kappa shape index (κ1) is 19.9. The first-order valence-corrected chi connectivity index (χ1v) is 10.8. The Bertz CT molecular complexity index is 1090. The number of aryl methyl sites for hydroxylation is 1. The first-order valence-electron chi connectivity index (χ1n) is 10.8. The molecule has 2 aromatic heterocycles. The molecule has 2 aliphatic heterocycles. The second-order valence-corrected chi connectivity index (χ2v) is 9.70. The van der Waals surface area contributed by atoms with Gasteiger partial charge in [0.25, 0.3) is 0 Å². The average molecular weight is 420 g/mol. The van der Waals surface area contributed by atoms with Crippen LogP contribution in [-0.2, 0) is 7.05 Å². The van der Waals surface area contributed by atoms with Crippen molar-refractivity contribution in [3.8, 4) is 28.1 Å². The van der Waals surface area contributed by atoms with E-state index < -0.39 is 0 Å². The maximum Gasteiger partial charge on any atom is 0.245 e. The molecule has 8 heteroatoms. The van der Waals surface area contributed by atoms with Gasteiger partial charge in [-0.3, -0.25) is 4.68 Å². The number of fused-ring (bicyclic) bond motifs is 2. The number of phenolic OH excluding ortho intramolecular Hbond substituents is 1. The number of phenols is 1. The number of rotatable bonds is 4. The van der Waals surface area contributed by atoms with Gasteiger partial charge in [-0.25, -0.2) is 4.98 Å². The topological polar surface area (TPSA) is 92.0 Å². The van der Waals surface area contributed by atoms with Crippen LogP contribution in [0.5, 0.6) is 5.75 Å². The molecule has 3 aromatic rings. The van der Waals surface area contributed by atoms with Crippen molar-refractivity contribution >= 4 is 5.95 Å². The van der Waals surface area contributed by atoms with Crippen molar-refractivity contribution in [1.82, 2.24) is 30.3 Å². The van der Waals surface area contributed by atoms with Crippen LogP contribution >= 0.6 is 0 Å². The minimum atomic E-state index is 0.148. The monoisotopic (exact) mass is 419 g/mol. The maximum atomic E-state index is 10.6. The quantitative estimate of drug-likeness (QED) is 0.671. The number of aromatic hydroxyl groups is 1. The van der Waals surface area contributed by atoms with Crippen LogP contribution in [0.4, 0.5) is 5.95 Å². The molecule has 2 N–H and O–H groups in total. The van der Waals surface area contributed by atoms with Crippen molar-refractivity contribution in [1.29, 1.82) is 0 Å². The van der Waals surface area contributed by atoms with Gasteiger partial charge in [-0.05, 0) is 57.2 Å². The van der Waals surface area contributed by atoms with E-state index >= 15 is 0 Å². The van der Waals surface area contributed by atoms with Gasteiger partial charge in [-0.1, -0.05) is 6.07 Å². The molecule has 2 saturated heterocycles. The molecule has 0 amide bonds. The molecule has 2 bridgehead atoms. The van der Waals surface area contributed by atoms with Gasteiger partial charge in [-0.2, -0.15) is 5.10 Å². The largest absolute Gasteiger partial charge is 0.507 e. The molecule has 0 spiro atoms. The fourth-order valence-electron chi connectivity index (χ4n) is 5.31. The lowest BCUT2D eigenvalue weighted by Gasteiger charge is -2.45. The summed E-state index contributed by atoms with van der Waals surface area (Å²) in [6.45, 7) is 4.64. The van der Waals surface area contributed by atoms with Gasteiger partial charge < -0.3 is 15.3 Å². The Labute approximate surface area is 182 Å². The van der Waals surface area contributed by atoms with Crippen LogP contribution in [0.15, 0.2) is 36.8 Å². The van der Waals surface area contributed by atoms with Crippen LogP contribution < -0.4 is 10.2 Å². The number of aromatic nitrogens is 5. The molecule has 0 saturated carbocycles. The summed E-state index contributed by atoms with van der Waals surface area (Å²) in [6.07, 6.45) is 9.93. The van der Waals surface area contributed by atoms with Crippen molar-refractivity contribution in [3.05, 3.63) is 36.8 Å². The van der Waals surface area contributed by atoms with Crippen molar-refractivity contribution in [2.75, 3.05) is 11.9 Å². The minimum absolute atomic E-state index is 0.148. The number of hydrogen-bond donors (Lipinski definition) is 2. The predicted molar refractivity (Wildman–Crippen MR) is 120 cm³/mol. The Morgan fingerprint density at radius 3 is 2.42 bits per heavy atom. The molecule has 3 atom stereocenters. The predicted octanol–water partition coefficient (Wildman–Crippen LogP) is 3.14. The van der Waals surface area contributed by atoms with Gasteiger partial charge in [0, 0.05) is 48.5 Å². The van der Waals surface area contributed by atoms with Gasteiger partial charge >= 0.3 is 0 Å². The SMILES string of the molecule is CN(c1ncc(-c2ccc(-c3cnn(C)c3)cc2O)nn1)[C@H]1C[C@]2(C)CC[C@](C)(C1)N2.